The van der Waals surface area contributed by atoms with Crippen molar-refractivity contribution < 1.29 is 14.5 Å². The van der Waals surface area contributed by atoms with Crippen molar-refractivity contribution >= 4 is 11.7 Å². The second-order valence-corrected chi connectivity index (χ2v) is 8.87. The number of nitro benzene ring substituents is 1. The summed E-state index contributed by atoms with van der Waals surface area (Å²) < 4.78 is 6.43. The second kappa shape index (κ2) is 5.43. The van der Waals surface area contributed by atoms with Crippen molar-refractivity contribution in [1.29, 1.82) is 0 Å². The van der Waals surface area contributed by atoms with E-state index < -0.39 is 4.92 Å². The van der Waals surface area contributed by atoms with Crippen LogP contribution < -0.4 is 0 Å². The van der Waals surface area contributed by atoms with Gasteiger partial charge in [0, 0.05) is 29.9 Å². The summed E-state index contributed by atoms with van der Waals surface area (Å²) in [7, 11) is 0. The Morgan fingerprint density at radius 2 is 1.79 bits per heavy atom. The Morgan fingerprint density at radius 1 is 1.04 bits per heavy atom. The molecule has 28 heavy (non-hydrogen) atoms. The van der Waals surface area contributed by atoms with Gasteiger partial charge < -0.3 is 4.74 Å². The fourth-order valence-corrected chi connectivity index (χ4v) is 7.16. The number of esters is 1. The maximum absolute atomic E-state index is 13.1. The molecule has 142 valence electrons. The predicted molar refractivity (Wildman–Crippen MR) is 102 cm³/mol. The lowest BCUT2D eigenvalue weighted by Crippen LogP contribution is -2.50. The highest BCUT2D eigenvalue weighted by Gasteiger charge is 2.72. The van der Waals surface area contributed by atoms with Crippen LogP contribution in [0.2, 0.25) is 0 Å². The molecule has 3 saturated carbocycles. The van der Waals surface area contributed by atoms with Crippen LogP contribution in [0.25, 0.3) is 0 Å². The van der Waals surface area contributed by atoms with Crippen LogP contribution in [0.4, 0.5) is 5.69 Å². The molecule has 0 heterocycles. The number of rotatable bonds is 3. The van der Waals surface area contributed by atoms with Crippen LogP contribution in [0.15, 0.2) is 48.5 Å². The lowest BCUT2D eigenvalue weighted by atomic mass is 9.65. The number of fused-ring (bicyclic) bond motifs is 12. The van der Waals surface area contributed by atoms with E-state index in [1.54, 1.807) is 0 Å². The van der Waals surface area contributed by atoms with Crippen molar-refractivity contribution in [2.75, 3.05) is 0 Å². The number of carbonyl (C=O) groups is 1. The highest BCUT2D eigenvalue weighted by Crippen LogP contribution is 2.74. The first kappa shape index (κ1) is 16.3. The van der Waals surface area contributed by atoms with Crippen molar-refractivity contribution in [2.45, 2.75) is 43.1 Å². The number of non-ortho nitro benzene ring substituents is 1. The predicted octanol–water partition coefficient (Wildman–Crippen LogP) is 4.82. The summed E-state index contributed by atoms with van der Waals surface area (Å²) in [6.07, 6.45) is 4.64. The van der Waals surface area contributed by atoms with Crippen LogP contribution in [0.1, 0.15) is 59.0 Å². The smallest absolute Gasteiger partial charge is 0.338 e. The molecule has 4 aliphatic carbocycles. The summed E-state index contributed by atoms with van der Waals surface area (Å²) in [5.41, 5.74) is 2.83. The van der Waals surface area contributed by atoms with Gasteiger partial charge in [-0.1, -0.05) is 24.3 Å². The van der Waals surface area contributed by atoms with E-state index in [4.69, 9.17) is 4.74 Å². The molecule has 5 heteroatoms. The first-order valence-electron chi connectivity index (χ1n) is 10.2. The highest BCUT2D eigenvalue weighted by molar-refractivity contribution is 5.90. The van der Waals surface area contributed by atoms with Gasteiger partial charge in [0.05, 0.1) is 10.5 Å². The van der Waals surface area contributed by atoms with Crippen LogP contribution in [-0.2, 0) is 4.74 Å². The van der Waals surface area contributed by atoms with Crippen molar-refractivity contribution in [2.24, 2.45) is 17.8 Å². The van der Waals surface area contributed by atoms with Gasteiger partial charge >= 0.3 is 5.97 Å². The van der Waals surface area contributed by atoms with Crippen molar-refractivity contribution in [1.82, 2.24) is 0 Å². The molecule has 2 aromatic rings. The minimum absolute atomic E-state index is 0.0126. The number of ether oxygens (including phenoxy) is 1. The van der Waals surface area contributed by atoms with Gasteiger partial charge in [0.2, 0.25) is 0 Å². The van der Waals surface area contributed by atoms with Crippen LogP contribution in [-0.4, -0.2) is 16.5 Å². The highest BCUT2D eigenvalue weighted by atomic mass is 16.6. The molecule has 0 aliphatic heterocycles. The standard InChI is InChI=1S/C23H21NO4/c25-22(13-6-9-16(10-7-13)24(26)27)28-23-15-8-5-14(11-15)21(23)19-12-20(23)18-4-2-1-3-17(18)19/h1-4,6-7,9-10,14-15,19-21H,5,8,11-12H2/t14-,15-,19-,20-,21+,23+/m0/s1. The van der Waals surface area contributed by atoms with E-state index in [0.717, 1.165) is 12.8 Å². The van der Waals surface area contributed by atoms with E-state index in [0.29, 0.717) is 29.2 Å². The van der Waals surface area contributed by atoms with Crippen molar-refractivity contribution in [3.63, 3.8) is 0 Å². The average molecular weight is 375 g/mol. The van der Waals surface area contributed by atoms with Crippen LogP contribution in [0.5, 0.6) is 0 Å². The number of hydrogen-bond acceptors (Lipinski definition) is 4. The molecule has 5 nitrogen and oxygen atoms in total. The average Bonchev–Trinajstić information content (AvgIpc) is 3.46. The Labute approximate surface area is 162 Å². The number of hydrogen-bond donors (Lipinski definition) is 0. The van der Waals surface area contributed by atoms with Gasteiger partial charge in [0.15, 0.2) is 0 Å². The second-order valence-electron chi connectivity index (χ2n) is 8.87. The minimum atomic E-state index is -0.452. The molecular weight excluding hydrogens is 354 g/mol. The van der Waals surface area contributed by atoms with Gasteiger partial charge in [0.1, 0.15) is 5.60 Å². The van der Waals surface area contributed by atoms with Crippen molar-refractivity contribution in [3.05, 3.63) is 75.3 Å². The van der Waals surface area contributed by atoms with Gasteiger partial charge in [-0.2, -0.15) is 0 Å². The van der Waals surface area contributed by atoms with Gasteiger partial charge in [-0.3, -0.25) is 10.1 Å². The number of nitrogens with zero attached hydrogens (tertiary/aromatic N) is 1. The van der Waals surface area contributed by atoms with Gasteiger partial charge in [-0.25, -0.2) is 4.79 Å². The lowest BCUT2D eigenvalue weighted by Gasteiger charge is -2.46. The Hall–Kier alpha value is -2.69. The minimum Gasteiger partial charge on any atom is -0.454 e. The molecule has 0 aromatic heterocycles. The molecule has 0 unspecified atom stereocenters. The molecule has 0 radical (unpaired) electrons. The summed E-state index contributed by atoms with van der Waals surface area (Å²) >= 11 is 0. The third kappa shape index (κ3) is 1.89. The summed E-state index contributed by atoms with van der Waals surface area (Å²) in [5, 5.41) is 10.9. The van der Waals surface area contributed by atoms with E-state index in [-0.39, 0.29) is 23.2 Å². The Kier molecular flexibility index (Phi) is 3.16. The molecular formula is C23H21NO4. The first-order valence-corrected chi connectivity index (χ1v) is 10.2. The molecule has 3 fully saturated rings. The zero-order chi connectivity index (χ0) is 19.0. The largest absolute Gasteiger partial charge is 0.454 e. The SMILES string of the molecule is O=C(O[C@@]12[C@H]3CC[C@@H](C3)[C@@H]1[C@H]1C[C@H]2c2ccccc21)c1ccc([N+](=O)[O-])cc1. The van der Waals surface area contributed by atoms with Crippen LogP contribution in [0.3, 0.4) is 0 Å². The molecule has 6 rings (SSSR count). The molecule has 0 amide bonds. The van der Waals surface area contributed by atoms with Gasteiger partial charge in [-0.15, -0.1) is 0 Å². The first-order chi connectivity index (χ1) is 13.6. The zero-order valence-corrected chi connectivity index (χ0v) is 15.4. The van der Waals surface area contributed by atoms with E-state index in [9.17, 15) is 14.9 Å². The fourth-order valence-electron chi connectivity index (χ4n) is 7.16. The summed E-state index contributed by atoms with van der Waals surface area (Å²) in [5.74, 6) is 1.97. The molecule has 4 bridgehead atoms. The molecule has 4 aliphatic rings. The third-order valence-corrected chi connectivity index (χ3v) is 7.96. The van der Waals surface area contributed by atoms with Gasteiger partial charge in [-0.05, 0) is 60.8 Å². The maximum atomic E-state index is 13.1. The number of nitro groups is 1. The monoisotopic (exact) mass is 375 g/mol. The summed E-state index contributed by atoms with van der Waals surface area (Å²) in [4.78, 5) is 23.5. The van der Waals surface area contributed by atoms with E-state index in [2.05, 4.69) is 24.3 Å². The zero-order valence-electron chi connectivity index (χ0n) is 15.4. The van der Waals surface area contributed by atoms with Gasteiger partial charge in [0.25, 0.3) is 5.69 Å². The molecule has 0 N–H and O–H groups in total. The normalized spacial score (nSPS) is 36.2. The molecule has 2 aromatic carbocycles. The lowest BCUT2D eigenvalue weighted by molar-refractivity contribution is -0.384. The molecule has 0 saturated heterocycles. The number of carbonyl (C=O) groups excluding carboxylic acids is 1. The summed E-state index contributed by atoms with van der Waals surface area (Å²) in [6, 6.07) is 14.5. The molecule has 6 atom stereocenters. The quantitative estimate of drug-likeness (QED) is 0.334. The van der Waals surface area contributed by atoms with Crippen LogP contribution >= 0.6 is 0 Å². The maximum Gasteiger partial charge on any atom is 0.338 e. The Balaban J connectivity index is 1.38. The molecule has 0 spiro atoms. The van der Waals surface area contributed by atoms with E-state index in [1.165, 1.54) is 48.2 Å². The topological polar surface area (TPSA) is 69.4 Å². The van der Waals surface area contributed by atoms with E-state index in [1.807, 2.05) is 0 Å². The Bertz CT molecular complexity index is 1000. The van der Waals surface area contributed by atoms with Crippen LogP contribution in [0, 0.1) is 27.9 Å². The summed E-state index contributed by atoms with van der Waals surface area (Å²) in [6.45, 7) is 0. The van der Waals surface area contributed by atoms with Crippen molar-refractivity contribution in [3.8, 4) is 0 Å². The van der Waals surface area contributed by atoms with E-state index >= 15 is 0 Å². The number of benzene rings is 2. The fraction of sp³-hybridized carbons (Fsp3) is 0.435. The third-order valence-electron chi connectivity index (χ3n) is 7.96. The Morgan fingerprint density at radius 3 is 2.54 bits per heavy atom.